The van der Waals surface area contributed by atoms with Crippen LogP contribution in [0.5, 0.6) is 0 Å². The van der Waals surface area contributed by atoms with Crippen LogP contribution in [0.4, 0.5) is 4.39 Å². The Balaban J connectivity index is 2.29. The molecule has 5 nitrogen and oxygen atoms in total. The standard InChI is InChI=1S/C16H15BrFNO4S/c1-23-16(20)14(9-11-5-3-2-4-6-11)19-24(21,22)15-8-7-12(18)10-13(15)17/h2-8,10,14,19H,9H2,1H3/t14-/m1/s1. The van der Waals surface area contributed by atoms with Gasteiger partial charge in [0.2, 0.25) is 10.0 Å². The molecule has 1 N–H and O–H groups in total. The Morgan fingerprint density at radius 2 is 1.92 bits per heavy atom. The Hall–Kier alpha value is -1.77. The maximum absolute atomic E-state index is 13.1. The topological polar surface area (TPSA) is 72.5 Å². The number of benzene rings is 2. The van der Waals surface area contributed by atoms with E-state index in [1.165, 1.54) is 7.11 Å². The number of carbonyl (C=O) groups excluding carboxylic acids is 1. The molecule has 2 aromatic carbocycles. The Labute approximate surface area is 148 Å². The van der Waals surface area contributed by atoms with Crippen molar-refractivity contribution in [2.75, 3.05) is 7.11 Å². The number of halogens is 2. The lowest BCUT2D eigenvalue weighted by Crippen LogP contribution is -2.43. The van der Waals surface area contributed by atoms with Crippen LogP contribution < -0.4 is 4.72 Å². The quantitative estimate of drug-likeness (QED) is 0.736. The molecule has 0 radical (unpaired) electrons. The van der Waals surface area contributed by atoms with Crippen LogP contribution in [-0.2, 0) is 26.0 Å². The molecule has 2 aromatic rings. The van der Waals surface area contributed by atoms with E-state index >= 15 is 0 Å². The number of ether oxygens (including phenoxy) is 1. The Morgan fingerprint density at radius 3 is 2.50 bits per heavy atom. The number of sulfonamides is 1. The second kappa shape index (κ2) is 7.87. The normalized spacial score (nSPS) is 12.6. The number of nitrogens with one attached hydrogen (secondary N) is 1. The fourth-order valence-corrected chi connectivity index (χ4v) is 4.34. The summed E-state index contributed by atoms with van der Waals surface area (Å²) in [6, 6.07) is 11.0. The molecule has 0 heterocycles. The summed E-state index contributed by atoms with van der Waals surface area (Å²) in [7, 11) is -2.86. The summed E-state index contributed by atoms with van der Waals surface area (Å²) in [4.78, 5) is 11.8. The smallest absolute Gasteiger partial charge is 0.324 e. The van der Waals surface area contributed by atoms with Gasteiger partial charge in [0.15, 0.2) is 0 Å². The highest BCUT2D eigenvalue weighted by molar-refractivity contribution is 9.10. The summed E-state index contributed by atoms with van der Waals surface area (Å²) in [5.74, 6) is -1.28. The monoisotopic (exact) mass is 415 g/mol. The number of methoxy groups -OCH3 is 1. The second-order valence-electron chi connectivity index (χ2n) is 4.96. The molecule has 0 amide bonds. The molecule has 2 rings (SSSR count). The van der Waals surface area contributed by atoms with Crippen molar-refractivity contribution in [3.63, 3.8) is 0 Å². The van der Waals surface area contributed by atoms with Gasteiger partial charge in [-0.1, -0.05) is 30.3 Å². The van der Waals surface area contributed by atoms with Crippen LogP contribution in [-0.4, -0.2) is 27.5 Å². The minimum atomic E-state index is -4.05. The van der Waals surface area contributed by atoms with Crippen LogP contribution in [0.3, 0.4) is 0 Å². The van der Waals surface area contributed by atoms with Gasteiger partial charge in [0.1, 0.15) is 11.9 Å². The van der Waals surface area contributed by atoms with Crippen molar-refractivity contribution in [3.8, 4) is 0 Å². The van der Waals surface area contributed by atoms with E-state index in [0.717, 1.165) is 23.8 Å². The molecule has 0 unspecified atom stereocenters. The van der Waals surface area contributed by atoms with E-state index in [2.05, 4.69) is 25.4 Å². The number of esters is 1. The van der Waals surface area contributed by atoms with Gasteiger partial charge in [0, 0.05) is 4.47 Å². The fourth-order valence-electron chi connectivity index (χ4n) is 2.11. The highest BCUT2D eigenvalue weighted by Gasteiger charge is 2.28. The largest absolute Gasteiger partial charge is 0.468 e. The molecule has 0 saturated carbocycles. The van der Waals surface area contributed by atoms with Gasteiger partial charge >= 0.3 is 5.97 Å². The van der Waals surface area contributed by atoms with E-state index in [9.17, 15) is 17.6 Å². The van der Waals surface area contributed by atoms with Crippen LogP contribution in [0.1, 0.15) is 5.56 Å². The summed E-state index contributed by atoms with van der Waals surface area (Å²) >= 11 is 3.02. The molecule has 0 bridgehead atoms. The second-order valence-corrected chi connectivity index (χ2v) is 7.50. The highest BCUT2D eigenvalue weighted by Crippen LogP contribution is 2.23. The molecule has 0 spiro atoms. The summed E-state index contributed by atoms with van der Waals surface area (Å²) in [6.07, 6.45) is 0.131. The average molecular weight is 416 g/mol. The number of hydrogen-bond donors (Lipinski definition) is 1. The highest BCUT2D eigenvalue weighted by atomic mass is 79.9. The Bertz CT molecular complexity index is 827. The van der Waals surface area contributed by atoms with Gasteiger partial charge in [-0.2, -0.15) is 4.72 Å². The summed E-state index contributed by atoms with van der Waals surface area (Å²) in [5.41, 5.74) is 0.772. The minimum Gasteiger partial charge on any atom is -0.468 e. The molecular formula is C16H15BrFNO4S. The lowest BCUT2D eigenvalue weighted by Gasteiger charge is -2.17. The average Bonchev–Trinajstić information content (AvgIpc) is 2.53. The van der Waals surface area contributed by atoms with Crippen molar-refractivity contribution in [1.82, 2.24) is 4.72 Å². The van der Waals surface area contributed by atoms with E-state index in [0.29, 0.717) is 0 Å². The van der Waals surface area contributed by atoms with Crippen molar-refractivity contribution in [1.29, 1.82) is 0 Å². The van der Waals surface area contributed by atoms with E-state index in [1.807, 2.05) is 6.07 Å². The first-order chi connectivity index (χ1) is 11.3. The third kappa shape index (κ3) is 4.62. The van der Waals surface area contributed by atoms with Gasteiger partial charge in [0.05, 0.1) is 12.0 Å². The van der Waals surface area contributed by atoms with Gasteiger partial charge in [-0.05, 0) is 46.1 Å². The lowest BCUT2D eigenvalue weighted by atomic mass is 10.1. The first kappa shape index (κ1) is 18.6. The lowest BCUT2D eigenvalue weighted by molar-refractivity contribution is -0.142. The molecule has 1 atom stereocenters. The van der Waals surface area contributed by atoms with Crippen LogP contribution >= 0.6 is 15.9 Å². The summed E-state index contributed by atoms with van der Waals surface area (Å²) in [5, 5.41) is 0. The molecule has 128 valence electrons. The van der Waals surface area contributed by atoms with Crippen LogP contribution in [0.25, 0.3) is 0 Å². The first-order valence-corrected chi connectivity index (χ1v) is 9.20. The molecule has 0 aromatic heterocycles. The van der Waals surface area contributed by atoms with Gasteiger partial charge < -0.3 is 4.74 Å². The van der Waals surface area contributed by atoms with Crippen molar-refractivity contribution >= 4 is 31.9 Å². The van der Waals surface area contributed by atoms with Gasteiger partial charge in [-0.3, -0.25) is 4.79 Å². The van der Waals surface area contributed by atoms with E-state index < -0.39 is 27.9 Å². The van der Waals surface area contributed by atoms with Crippen LogP contribution in [0.15, 0.2) is 57.9 Å². The Morgan fingerprint density at radius 1 is 1.25 bits per heavy atom. The molecule has 0 aliphatic rings. The zero-order valence-electron chi connectivity index (χ0n) is 12.7. The molecule has 24 heavy (non-hydrogen) atoms. The summed E-state index contributed by atoms with van der Waals surface area (Å²) < 4.78 is 45.2. The number of carbonyl (C=O) groups is 1. The van der Waals surface area contributed by atoms with Crippen LogP contribution in [0.2, 0.25) is 0 Å². The number of hydrogen-bond acceptors (Lipinski definition) is 4. The number of rotatable bonds is 6. The minimum absolute atomic E-state index is 0.0679. The fraction of sp³-hybridized carbons (Fsp3) is 0.188. The van der Waals surface area contributed by atoms with Crippen molar-refractivity contribution in [2.45, 2.75) is 17.4 Å². The van der Waals surface area contributed by atoms with Crippen molar-refractivity contribution in [3.05, 3.63) is 64.4 Å². The SMILES string of the molecule is COC(=O)[C@@H](Cc1ccccc1)NS(=O)(=O)c1ccc(F)cc1Br. The molecular weight excluding hydrogens is 401 g/mol. The van der Waals surface area contributed by atoms with E-state index in [1.54, 1.807) is 24.3 Å². The summed E-state index contributed by atoms with van der Waals surface area (Å²) in [6.45, 7) is 0. The van der Waals surface area contributed by atoms with Gasteiger partial charge in [0.25, 0.3) is 0 Å². The van der Waals surface area contributed by atoms with Crippen molar-refractivity contribution < 1.29 is 22.3 Å². The zero-order chi connectivity index (χ0) is 17.7. The molecule has 0 fully saturated rings. The first-order valence-electron chi connectivity index (χ1n) is 6.92. The third-order valence-corrected chi connectivity index (χ3v) is 5.70. The predicted molar refractivity (Wildman–Crippen MR) is 90.4 cm³/mol. The van der Waals surface area contributed by atoms with Gasteiger partial charge in [-0.15, -0.1) is 0 Å². The molecule has 0 aliphatic heterocycles. The zero-order valence-corrected chi connectivity index (χ0v) is 15.1. The van der Waals surface area contributed by atoms with Gasteiger partial charge in [-0.25, -0.2) is 12.8 Å². The third-order valence-electron chi connectivity index (χ3n) is 3.25. The molecule has 0 saturated heterocycles. The van der Waals surface area contributed by atoms with Crippen molar-refractivity contribution in [2.24, 2.45) is 0 Å². The molecule has 0 aliphatic carbocycles. The maximum atomic E-state index is 13.1. The van der Waals surface area contributed by atoms with Crippen LogP contribution in [0, 0.1) is 5.82 Å². The van der Waals surface area contributed by atoms with E-state index in [4.69, 9.17) is 0 Å². The maximum Gasteiger partial charge on any atom is 0.324 e. The van der Waals surface area contributed by atoms with E-state index in [-0.39, 0.29) is 15.8 Å². The Kier molecular flexibility index (Phi) is 6.09. The predicted octanol–water partition coefficient (Wildman–Crippen LogP) is 2.65. The molecule has 8 heteroatoms.